The van der Waals surface area contributed by atoms with Crippen molar-refractivity contribution < 1.29 is 18.3 Å². The third kappa shape index (κ3) is 3.09. The fourth-order valence-electron chi connectivity index (χ4n) is 5.82. The Labute approximate surface area is 209 Å². The van der Waals surface area contributed by atoms with E-state index in [2.05, 4.69) is 9.83 Å². The number of hydrogen-bond donors (Lipinski definition) is 1. The summed E-state index contributed by atoms with van der Waals surface area (Å²) in [6, 6.07) is 17.6. The first kappa shape index (κ1) is 23.8. The van der Waals surface area contributed by atoms with E-state index in [0.717, 1.165) is 0 Å². The van der Waals surface area contributed by atoms with Crippen molar-refractivity contribution in [3.8, 4) is 5.75 Å². The highest BCUT2D eigenvalue weighted by atomic mass is 35.5. The Bertz CT molecular complexity index is 1440. The van der Waals surface area contributed by atoms with Gasteiger partial charge >= 0.3 is 0 Å². The van der Waals surface area contributed by atoms with Crippen LogP contribution in [0.1, 0.15) is 29.7 Å². The third-order valence-electron chi connectivity index (χ3n) is 7.37. The maximum Gasteiger partial charge on any atom is 0.217 e. The van der Waals surface area contributed by atoms with E-state index in [-0.39, 0.29) is 5.69 Å². The van der Waals surface area contributed by atoms with Crippen LogP contribution in [0, 0.1) is 12.5 Å². The Morgan fingerprint density at radius 1 is 1.14 bits per heavy atom. The van der Waals surface area contributed by atoms with Crippen molar-refractivity contribution in [2.75, 3.05) is 14.1 Å². The van der Waals surface area contributed by atoms with Gasteiger partial charge in [0.2, 0.25) is 10.0 Å². The third-order valence-corrected chi connectivity index (χ3v) is 9.97. The highest BCUT2D eigenvalue weighted by Crippen LogP contribution is 2.69. The van der Waals surface area contributed by atoms with Crippen molar-refractivity contribution in [3.63, 3.8) is 0 Å². The molecule has 0 spiro atoms. The molecule has 1 saturated carbocycles. The number of pyridine rings is 1. The largest absolute Gasteiger partial charge is 0.476 e. The molecule has 9 heteroatoms. The summed E-state index contributed by atoms with van der Waals surface area (Å²) < 4.78 is 35.5. The van der Waals surface area contributed by atoms with Gasteiger partial charge < -0.3 is 9.84 Å². The van der Waals surface area contributed by atoms with Gasteiger partial charge in [0.25, 0.3) is 0 Å². The predicted molar refractivity (Wildman–Crippen MR) is 133 cm³/mol. The first-order valence-electron chi connectivity index (χ1n) is 11.1. The second kappa shape index (κ2) is 8.04. The van der Waals surface area contributed by atoms with Crippen LogP contribution in [-0.2, 0) is 21.2 Å². The maximum atomic E-state index is 13.8. The highest BCUT2D eigenvalue weighted by molar-refractivity contribution is 7.89. The Morgan fingerprint density at radius 3 is 2.40 bits per heavy atom. The highest BCUT2D eigenvalue weighted by Gasteiger charge is 2.77. The molecular weight excluding hydrogens is 486 g/mol. The molecule has 3 aromatic rings. The van der Waals surface area contributed by atoms with E-state index < -0.39 is 38.3 Å². The Kier molecular flexibility index (Phi) is 5.46. The summed E-state index contributed by atoms with van der Waals surface area (Å²) in [4.78, 5) is 7.93. The van der Waals surface area contributed by atoms with Gasteiger partial charge in [-0.25, -0.2) is 17.6 Å². The van der Waals surface area contributed by atoms with Crippen molar-refractivity contribution in [1.82, 2.24) is 9.29 Å². The van der Waals surface area contributed by atoms with Crippen LogP contribution in [0.3, 0.4) is 0 Å². The van der Waals surface area contributed by atoms with Gasteiger partial charge in [0.15, 0.2) is 16.9 Å². The van der Waals surface area contributed by atoms with Gasteiger partial charge in [-0.2, -0.15) is 0 Å². The molecular formula is C26H24ClN3O4S. The maximum absolute atomic E-state index is 13.8. The molecule has 35 heavy (non-hydrogen) atoms. The predicted octanol–water partition coefficient (Wildman–Crippen LogP) is 4.45. The molecule has 0 amide bonds. The van der Waals surface area contributed by atoms with Crippen molar-refractivity contribution in [2.24, 2.45) is 5.92 Å². The zero-order chi connectivity index (χ0) is 25.2. The van der Waals surface area contributed by atoms with Crippen LogP contribution in [0.2, 0.25) is 5.02 Å². The Morgan fingerprint density at radius 2 is 1.80 bits per heavy atom. The molecule has 5 rings (SSSR count). The zero-order valence-electron chi connectivity index (χ0n) is 19.4. The lowest BCUT2D eigenvalue weighted by atomic mass is 9.71. The molecule has 7 nitrogen and oxygen atoms in total. The number of aromatic nitrogens is 1. The van der Waals surface area contributed by atoms with Crippen LogP contribution in [0.15, 0.2) is 66.9 Å². The summed E-state index contributed by atoms with van der Waals surface area (Å²) in [5.74, 6) is -1.30. The van der Waals surface area contributed by atoms with E-state index in [4.69, 9.17) is 22.9 Å². The summed E-state index contributed by atoms with van der Waals surface area (Å²) in [5, 5.41) is 12.0. The van der Waals surface area contributed by atoms with Crippen molar-refractivity contribution in [1.29, 1.82) is 0 Å². The van der Waals surface area contributed by atoms with Crippen molar-refractivity contribution >= 4 is 27.3 Å². The number of rotatable bonds is 4. The molecule has 0 unspecified atom stereocenters. The standard InChI is InChI=1S/C26H24ClN3O4S/c1-16-23(35(32,33)30(3)4)22(17-8-6-5-7-9-17)26(18-10-12-20(28-2)13-11-18)25(16,31)24-21(34-26)14-19(27)15-29-24/h5-16,22-23,31H,1,3-4H3/t16-,22-,23+,25-,26+/m1/s1. The van der Waals surface area contributed by atoms with Crippen molar-refractivity contribution in [3.05, 3.63) is 100 Å². The lowest BCUT2D eigenvalue weighted by Crippen LogP contribution is -2.50. The zero-order valence-corrected chi connectivity index (χ0v) is 21.0. The Hall–Kier alpha value is -2.96. The summed E-state index contributed by atoms with van der Waals surface area (Å²) in [6.45, 7) is 9.07. The number of aliphatic hydroxyl groups is 1. The lowest BCUT2D eigenvalue weighted by molar-refractivity contribution is -0.126. The fraction of sp³-hybridized carbons (Fsp3) is 0.308. The Balaban J connectivity index is 1.90. The lowest BCUT2D eigenvalue weighted by Gasteiger charge is -2.41. The molecule has 2 aromatic carbocycles. The topological polar surface area (TPSA) is 84.1 Å². The van der Waals surface area contributed by atoms with Gasteiger partial charge in [-0.1, -0.05) is 73.1 Å². The quantitative estimate of drug-likeness (QED) is 0.525. The SMILES string of the molecule is [C-]#[N+]c1ccc([C@@]23Oc4cc(Cl)cnc4[C@]2(O)[C@H](C)[C@H](S(=O)(=O)N(C)C)[C@H]3c2ccccc2)cc1. The minimum atomic E-state index is -3.88. The monoisotopic (exact) mass is 509 g/mol. The van der Waals surface area contributed by atoms with Gasteiger partial charge in [-0.15, -0.1) is 0 Å². The van der Waals surface area contributed by atoms with Crippen LogP contribution in [0.25, 0.3) is 4.85 Å². The second-order valence-corrected chi connectivity index (χ2v) is 12.0. The van der Waals surface area contributed by atoms with E-state index in [9.17, 15) is 13.5 Å². The van der Waals surface area contributed by atoms with Gasteiger partial charge in [0.05, 0.1) is 16.8 Å². The number of ether oxygens (including phenoxy) is 1. The smallest absolute Gasteiger partial charge is 0.217 e. The van der Waals surface area contributed by atoms with E-state index >= 15 is 0 Å². The summed E-state index contributed by atoms with van der Waals surface area (Å²) in [7, 11) is -0.897. The minimum Gasteiger partial charge on any atom is -0.476 e. The number of nitrogens with zero attached hydrogens (tertiary/aromatic N) is 3. The average molecular weight is 510 g/mol. The second-order valence-electron chi connectivity index (χ2n) is 9.23. The van der Waals surface area contributed by atoms with Gasteiger partial charge in [-0.3, -0.25) is 4.98 Å². The van der Waals surface area contributed by atoms with E-state index in [1.165, 1.54) is 24.6 Å². The number of hydrogen-bond acceptors (Lipinski definition) is 5. The molecule has 0 radical (unpaired) electrons. The molecule has 1 aromatic heterocycles. The van der Waals surface area contributed by atoms with Crippen LogP contribution in [-0.4, -0.2) is 42.2 Å². The van der Waals surface area contributed by atoms with E-state index in [1.807, 2.05) is 30.3 Å². The minimum absolute atomic E-state index is 0.251. The normalized spacial score (nSPS) is 29.3. The van der Waals surface area contributed by atoms with Crippen LogP contribution >= 0.6 is 11.6 Å². The molecule has 2 heterocycles. The van der Waals surface area contributed by atoms with Gasteiger partial charge in [-0.05, 0) is 11.1 Å². The van der Waals surface area contributed by atoms with E-state index in [1.54, 1.807) is 37.3 Å². The van der Waals surface area contributed by atoms with Crippen molar-refractivity contribution in [2.45, 2.75) is 29.3 Å². The number of fused-ring (bicyclic) bond motifs is 3. The fourth-order valence-corrected chi connectivity index (χ4v) is 7.86. The summed E-state index contributed by atoms with van der Waals surface area (Å²) in [6.07, 6.45) is 1.43. The first-order valence-corrected chi connectivity index (χ1v) is 13.0. The number of halogens is 1. The first-order chi connectivity index (χ1) is 16.6. The molecule has 0 saturated heterocycles. The molecule has 1 N–H and O–H groups in total. The number of sulfonamides is 1. The van der Waals surface area contributed by atoms with Crippen LogP contribution in [0.5, 0.6) is 5.75 Å². The molecule has 1 fully saturated rings. The molecule has 180 valence electrons. The number of benzene rings is 2. The van der Waals surface area contributed by atoms with Crippen LogP contribution < -0.4 is 4.74 Å². The molecule has 5 atom stereocenters. The molecule has 0 bridgehead atoms. The summed E-state index contributed by atoms with van der Waals surface area (Å²) in [5.41, 5.74) is -1.41. The van der Waals surface area contributed by atoms with Crippen LogP contribution in [0.4, 0.5) is 5.69 Å². The van der Waals surface area contributed by atoms with Gasteiger partial charge in [0, 0.05) is 38.2 Å². The van der Waals surface area contributed by atoms with E-state index in [0.29, 0.717) is 27.6 Å². The molecule has 1 aliphatic carbocycles. The summed E-state index contributed by atoms with van der Waals surface area (Å²) >= 11 is 6.23. The molecule has 1 aliphatic heterocycles. The van der Waals surface area contributed by atoms with Gasteiger partial charge in [0.1, 0.15) is 11.4 Å². The molecule has 2 aliphatic rings. The average Bonchev–Trinajstić information content (AvgIpc) is 3.22.